The van der Waals surface area contributed by atoms with Crippen molar-refractivity contribution in [1.29, 1.82) is 0 Å². The molecule has 5 heteroatoms. The number of nitrogens with two attached hydrogens (primary N) is 1. The molecule has 0 amide bonds. The van der Waals surface area contributed by atoms with Crippen LogP contribution in [0.15, 0.2) is 18.2 Å². The molecule has 0 spiro atoms. The lowest BCUT2D eigenvalue weighted by Gasteiger charge is -2.22. The van der Waals surface area contributed by atoms with Crippen molar-refractivity contribution in [1.82, 2.24) is 4.90 Å². The normalized spacial score (nSPS) is 9.94. The zero-order valence-corrected chi connectivity index (χ0v) is 11.8. The third-order valence-electron chi connectivity index (χ3n) is 2.54. The van der Waals surface area contributed by atoms with Gasteiger partial charge in [0.1, 0.15) is 5.75 Å². The predicted octanol–water partition coefficient (Wildman–Crippen LogP) is 1.70. The maximum atomic E-state index is 5.77. The molecule has 0 aliphatic rings. The van der Waals surface area contributed by atoms with Crippen LogP contribution in [0.4, 0.5) is 11.4 Å². The zero-order chi connectivity index (χ0) is 12.1. The lowest BCUT2D eigenvalue weighted by Crippen LogP contribution is -2.28. The van der Waals surface area contributed by atoms with Crippen LogP contribution < -0.4 is 15.4 Å². The Morgan fingerprint density at radius 3 is 2.35 bits per heavy atom. The topological polar surface area (TPSA) is 41.7 Å². The van der Waals surface area contributed by atoms with E-state index in [1.807, 2.05) is 18.2 Å². The van der Waals surface area contributed by atoms with E-state index in [0.717, 1.165) is 24.5 Å². The Morgan fingerprint density at radius 2 is 1.82 bits per heavy atom. The van der Waals surface area contributed by atoms with E-state index in [2.05, 4.69) is 30.9 Å². The monoisotopic (exact) mass is 259 g/mol. The van der Waals surface area contributed by atoms with Crippen LogP contribution >= 0.6 is 12.4 Å². The summed E-state index contributed by atoms with van der Waals surface area (Å²) in [5.41, 5.74) is 7.56. The quantitative estimate of drug-likeness (QED) is 0.818. The number of anilines is 2. The second-order valence-corrected chi connectivity index (χ2v) is 4.15. The minimum Gasteiger partial charge on any atom is -0.495 e. The number of benzene rings is 1. The fourth-order valence-electron chi connectivity index (χ4n) is 1.42. The summed E-state index contributed by atoms with van der Waals surface area (Å²) in [5.74, 6) is 0.731. The molecule has 98 valence electrons. The van der Waals surface area contributed by atoms with Crippen molar-refractivity contribution in [3.8, 4) is 5.75 Å². The number of halogens is 1. The third kappa shape index (κ3) is 4.71. The van der Waals surface area contributed by atoms with Gasteiger partial charge in [0, 0.05) is 31.9 Å². The van der Waals surface area contributed by atoms with E-state index >= 15 is 0 Å². The lowest BCUT2D eigenvalue weighted by atomic mass is 10.2. The van der Waals surface area contributed by atoms with Crippen LogP contribution in [-0.2, 0) is 0 Å². The van der Waals surface area contributed by atoms with Crippen LogP contribution in [0, 0.1) is 0 Å². The summed E-state index contributed by atoms with van der Waals surface area (Å²) in [6.07, 6.45) is 0. The van der Waals surface area contributed by atoms with Crippen LogP contribution in [0.1, 0.15) is 0 Å². The average Bonchev–Trinajstić information content (AvgIpc) is 2.26. The van der Waals surface area contributed by atoms with Gasteiger partial charge >= 0.3 is 0 Å². The summed E-state index contributed by atoms with van der Waals surface area (Å²) in [7, 11) is 7.83. The summed E-state index contributed by atoms with van der Waals surface area (Å²) in [6.45, 7) is 1.99. The van der Waals surface area contributed by atoms with Crippen molar-refractivity contribution in [3.05, 3.63) is 18.2 Å². The number of hydrogen-bond donors (Lipinski definition) is 1. The Kier molecular flexibility index (Phi) is 6.76. The molecule has 0 heterocycles. The van der Waals surface area contributed by atoms with E-state index in [1.54, 1.807) is 7.11 Å². The number of nitrogens with zero attached hydrogens (tertiary/aromatic N) is 2. The van der Waals surface area contributed by atoms with E-state index in [1.165, 1.54) is 0 Å². The lowest BCUT2D eigenvalue weighted by molar-refractivity contribution is 0.413. The van der Waals surface area contributed by atoms with Crippen LogP contribution in [0.25, 0.3) is 0 Å². The fraction of sp³-hybridized carbons (Fsp3) is 0.500. The Morgan fingerprint density at radius 1 is 1.18 bits per heavy atom. The van der Waals surface area contributed by atoms with Gasteiger partial charge in [0.2, 0.25) is 0 Å². The molecule has 2 N–H and O–H groups in total. The van der Waals surface area contributed by atoms with Gasteiger partial charge in [-0.1, -0.05) is 0 Å². The van der Waals surface area contributed by atoms with Gasteiger partial charge in [0.05, 0.1) is 12.8 Å². The molecule has 0 fully saturated rings. The SMILES string of the molecule is COc1cc(N(C)CCN(C)C)ccc1N.Cl. The van der Waals surface area contributed by atoms with Crippen molar-refractivity contribution in [3.63, 3.8) is 0 Å². The van der Waals surface area contributed by atoms with Gasteiger partial charge in [0.25, 0.3) is 0 Å². The van der Waals surface area contributed by atoms with Crippen LogP contribution in [-0.4, -0.2) is 46.2 Å². The largest absolute Gasteiger partial charge is 0.495 e. The first-order valence-electron chi connectivity index (χ1n) is 5.34. The Balaban J connectivity index is 0.00000256. The molecule has 0 aromatic heterocycles. The van der Waals surface area contributed by atoms with Gasteiger partial charge in [-0.2, -0.15) is 0 Å². The van der Waals surface area contributed by atoms with E-state index in [4.69, 9.17) is 10.5 Å². The first-order valence-corrected chi connectivity index (χ1v) is 5.34. The molecule has 0 aliphatic carbocycles. The van der Waals surface area contributed by atoms with Gasteiger partial charge in [0.15, 0.2) is 0 Å². The van der Waals surface area contributed by atoms with Crippen molar-refractivity contribution in [2.45, 2.75) is 0 Å². The number of nitrogen functional groups attached to an aromatic ring is 1. The zero-order valence-electron chi connectivity index (χ0n) is 10.9. The molecule has 0 aliphatic heterocycles. The second-order valence-electron chi connectivity index (χ2n) is 4.15. The molecule has 0 bridgehead atoms. The molecule has 1 rings (SSSR count). The molecule has 0 saturated carbocycles. The molecule has 0 radical (unpaired) electrons. The highest BCUT2D eigenvalue weighted by Crippen LogP contribution is 2.26. The molecule has 0 atom stereocenters. The van der Waals surface area contributed by atoms with Gasteiger partial charge in [-0.15, -0.1) is 12.4 Å². The standard InChI is InChI=1S/C12H21N3O.ClH/c1-14(2)7-8-15(3)10-5-6-11(13)12(9-10)16-4;/h5-6,9H,7-8,13H2,1-4H3;1H. The molecule has 0 saturated heterocycles. The van der Waals surface area contributed by atoms with Gasteiger partial charge in [-0.05, 0) is 26.2 Å². The van der Waals surface area contributed by atoms with E-state index in [0.29, 0.717) is 5.69 Å². The first-order chi connectivity index (χ1) is 7.54. The summed E-state index contributed by atoms with van der Waals surface area (Å²) >= 11 is 0. The van der Waals surface area contributed by atoms with Crippen molar-refractivity contribution in [2.75, 3.05) is 52.0 Å². The highest BCUT2D eigenvalue weighted by atomic mass is 35.5. The van der Waals surface area contributed by atoms with Gasteiger partial charge in [-0.25, -0.2) is 0 Å². The van der Waals surface area contributed by atoms with E-state index in [-0.39, 0.29) is 12.4 Å². The number of ether oxygens (including phenoxy) is 1. The average molecular weight is 260 g/mol. The number of likely N-dealkylation sites (N-methyl/N-ethyl adjacent to an activating group) is 2. The smallest absolute Gasteiger partial charge is 0.143 e. The summed E-state index contributed by atoms with van der Waals surface area (Å²) < 4.78 is 5.20. The van der Waals surface area contributed by atoms with E-state index in [9.17, 15) is 0 Å². The van der Waals surface area contributed by atoms with Crippen molar-refractivity contribution >= 4 is 23.8 Å². The summed E-state index contributed by atoms with van der Waals surface area (Å²) in [6, 6.07) is 5.85. The van der Waals surface area contributed by atoms with Crippen molar-refractivity contribution < 1.29 is 4.74 Å². The number of hydrogen-bond acceptors (Lipinski definition) is 4. The maximum Gasteiger partial charge on any atom is 0.143 e. The second kappa shape index (κ2) is 7.25. The number of rotatable bonds is 5. The first kappa shape index (κ1) is 15.9. The molecular formula is C12H22ClN3O. The summed E-state index contributed by atoms with van der Waals surface area (Å²) in [4.78, 5) is 4.34. The highest BCUT2D eigenvalue weighted by molar-refractivity contribution is 5.85. The molecular weight excluding hydrogens is 238 g/mol. The summed E-state index contributed by atoms with van der Waals surface area (Å²) in [5, 5.41) is 0. The Labute approximate surface area is 110 Å². The van der Waals surface area contributed by atoms with E-state index < -0.39 is 0 Å². The third-order valence-corrected chi connectivity index (χ3v) is 2.54. The molecule has 17 heavy (non-hydrogen) atoms. The van der Waals surface area contributed by atoms with Crippen LogP contribution in [0.5, 0.6) is 5.75 Å². The van der Waals surface area contributed by atoms with Gasteiger partial charge in [-0.3, -0.25) is 0 Å². The minimum atomic E-state index is 0. The molecule has 1 aromatic carbocycles. The Hall–Kier alpha value is -1.13. The Bertz CT molecular complexity index is 345. The number of methoxy groups -OCH3 is 1. The molecule has 4 nitrogen and oxygen atoms in total. The van der Waals surface area contributed by atoms with Crippen molar-refractivity contribution in [2.24, 2.45) is 0 Å². The van der Waals surface area contributed by atoms with Crippen LogP contribution in [0.2, 0.25) is 0 Å². The predicted molar refractivity (Wildman–Crippen MR) is 76.5 cm³/mol. The minimum absolute atomic E-state index is 0. The molecule has 1 aromatic rings. The highest BCUT2D eigenvalue weighted by Gasteiger charge is 2.05. The molecule has 0 unspecified atom stereocenters. The fourth-order valence-corrected chi connectivity index (χ4v) is 1.42. The maximum absolute atomic E-state index is 5.77. The van der Waals surface area contributed by atoms with Crippen LogP contribution in [0.3, 0.4) is 0 Å². The van der Waals surface area contributed by atoms with Gasteiger partial charge < -0.3 is 20.3 Å².